The van der Waals surface area contributed by atoms with Crippen molar-refractivity contribution in [2.75, 3.05) is 18.0 Å². The second-order valence-electron chi connectivity index (χ2n) is 4.96. The van der Waals surface area contributed by atoms with Crippen LogP contribution < -0.4 is 4.90 Å². The van der Waals surface area contributed by atoms with Crippen molar-refractivity contribution >= 4 is 28.1 Å². The van der Waals surface area contributed by atoms with Crippen LogP contribution >= 0.6 is 22.9 Å². The normalized spacial score (nSPS) is 28.2. The third-order valence-corrected chi connectivity index (χ3v) is 4.70. The predicted octanol–water partition coefficient (Wildman–Crippen LogP) is 2.67. The number of anilines is 1. The second-order valence-corrected chi connectivity index (χ2v) is 6.54. The Hall–Kier alpha value is -0.830. The average molecular weight is 284 g/mol. The zero-order valence-electron chi connectivity index (χ0n) is 10.1. The summed E-state index contributed by atoms with van der Waals surface area (Å²) in [4.78, 5) is 6.50. The maximum Gasteiger partial charge on any atom is 0.188 e. The molecule has 0 bridgehead atoms. The van der Waals surface area contributed by atoms with E-state index < -0.39 is 0 Å². The van der Waals surface area contributed by atoms with Gasteiger partial charge < -0.3 is 9.64 Å². The van der Waals surface area contributed by atoms with Crippen molar-refractivity contribution in [2.45, 2.75) is 32.0 Å². The van der Waals surface area contributed by atoms with Gasteiger partial charge in [-0.3, -0.25) is 0 Å². The molecule has 1 aromatic rings. The van der Waals surface area contributed by atoms with Gasteiger partial charge in [-0.1, -0.05) is 22.9 Å². The molecule has 1 aromatic heterocycles. The number of nitriles is 1. The summed E-state index contributed by atoms with van der Waals surface area (Å²) in [6.07, 6.45) is 3.06. The van der Waals surface area contributed by atoms with E-state index in [-0.39, 0.29) is 6.10 Å². The van der Waals surface area contributed by atoms with E-state index in [1.807, 2.05) is 6.07 Å². The molecule has 0 aromatic carbocycles. The minimum absolute atomic E-state index is 0.206. The summed E-state index contributed by atoms with van der Waals surface area (Å²) in [5.41, 5.74) is 0.332. The average Bonchev–Trinajstić information content (AvgIpc) is 3.12. The lowest BCUT2D eigenvalue weighted by Crippen LogP contribution is -2.47. The van der Waals surface area contributed by atoms with Crippen molar-refractivity contribution in [3.8, 4) is 6.07 Å². The van der Waals surface area contributed by atoms with Crippen molar-refractivity contribution in [1.82, 2.24) is 4.98 Å². The van der Waals surface area contributed by atoms with Gasteiger partial charge in [-0.2, -0.15) is 5.26 Å². The smallest absolute Gasteiger partial charge is 0.188 e. The first kappa shape index (κ1) is 12.2. The first-order valence-electron chi connectivity index (χ1n) is 6.14. The fraction of sp³-hybridized carbons (Fsp3) is 0.667. The van der Waals surface area contributed by atoms with Crippen LogP contribution in [-0.2, 0) is 4.74 Å². The van der Waals surface area contributed by atoms with Gasteiger partial charge in [0.2, 0.25) is 0 Å². The van der Waals surface area contributed by atoms with Crippen LogP contribution in [0.2, 0.25) is 4.34 Å². The van der Waals surface area contributed by atoms with Crippen LogP contribution in [0, 0.1) is 17.2 Å². The second kappa shape index (κ2) is 4.69. The number of rotatable bonds is 2. The fourth-order valence-electron chi connectivity index (χ4n) is 2.37. The molecule has 0 spiro atoms. The summed E-state index contributed by atoms with van der Waals surface area (Å²) in [6, 6.07) is 2.02. The summed E-state index contributed by atoms with van der Waals surface area (Å²) < 4.78 is 6.44. The molecule has 2 fully saturated rings. The zero-order valence-corrected chi connectivity index (χ0v) is 11.7. The van der Waals surface area contributed by atoms with Gasteiger partial charge in [0.05, 0.1) is 12.2 Å². The van der Waals surface area contributed by atoms with Gasteiger partial charge in [-0.05, 0) is 25.7 Å². The summed E-state index contributed by atoms with van der Waals surface area (Å²) in [7, 11) is 0. The Morgan fingerprint density at radius 3 is 2.89 bits per heavy atom. The van der Waals surface area contributed by atoms with Gasteiger partial charge in [0.1, 0.15) is 10.4 Å². The molecule has 3 rings (SSSR count). The maximum atomic E-state index is 8.90. The lowest BCUT2D eigenvalue weighted by molar-refractivity contribution is -0.0271. The van der Waals surface area contributed by atoms with Crippen molar-refractivity contribution < 1.29 is 4.74 Å². The number of nitrogens with zero attached hydrogens (tertiary/aromatic N) is 3. The highest BCUT2D eigenvalue weighted by Crippen LogP contribution is 2.38. The minimum atomic E-state index is 0.206. The molecular weight excluding hydrogens is 270 g/mol. The van der Waals surface area contributed by atoms with E-state index in [2.05, 4.69) is 16.8 Å². The van der Waals surface area contributed by atoms with Crippen LogP contribution in [0.25, 0.3) is 0 Å². The molecular formula is C12H14ClN3OS. The van der Waals surface area contributed by atoms with E-state index in [0.717, 1.165) is 18.2 Å². The maximum absolute atomic E-state index is 8.90. The highest BCUT2D eigenvalue weighted by atomic mass is 35.5. The first-order chi connectivity index (χ1) is 8.67. The van der Waals surface area contributed by atoms with Crippen LogP contribution in [0.4, 0.5) is 5.13 Å². The van der Waals surface area contributed by atoms with E-state index >= 15 is 0 Å². The number of hydrogen-bond acceptors (Lipinski definition) is 5. The molecule has 6 heteroatoms. The Morgan fingerprint density at radius 1 is 1.50 bits per heavy atom. The van der Waals surface area contributed by atoms with Crippen molar-refractivity contribution in [3.05, 3.63) is 10.0 Å². The van der Waals surface area contributed by atoms with E-state index in [1.54, 1.807) is 0 Å². The molecule has 0 radical (unpaired) electrons. The van der Waals surface area contributed by atoms with E-state index in [0.29, 0.717) is 22.1 Å². The number of aromatic nitrogens is 1. The topological polar surface area (TPSA) is 49.2 Å². The standard InChI is InChI=1S/C12H14ClN3OS/c1-7-5-16(6-10(17-7)8-2-3-8)12-15-9(4-14)11(13)18-12/h7-8,10H,2-3,5-6H2,1H3/t7-,10+/m1/s1. The molecule has 0 amide bonds. The van der Waals surface area contributed by atoms with E-state index in [1.165, 1.54) is 24.2 Å². The molecule has 1 aliphatic heterocycles. The Balaban J connectivity index is 1.79. The monoisotopic (exact) mass is 283 g/mol. The molecule has 2 atom stereocenters. The van der Waals surface area contributed by atoms with Crippen LogP contribution in [-0.4, -0.2) is 30.3 Å². The number of thiazole rings is 1. The summed E-state index contributed by atoms with van der Waals surface area (Å²) in [6.45, 7) is 3.77. The van der Waals surface area contributed by atoms with Crippen LogP contribution in [0.15, 0.2) is 0 Å². The molecule has 1 aliphatic carbocycles. The highest BCUT2D eigenvalue weighted by Gasteiger charge is 2.38. The molecule has 4 nitrogen and oxygen atoms in total. The van der Waals surface area contributed by atoms with Crippen LogP contribution in [0.1, 0.15) is 25.5 Å². The molecule has 1 saturated heterocycles. The first-order valence-corrected chi connectivity index (χ1v) is 7.33. The third-order valence-electron chi connectivity index (χ3n) is 3.38. The largest absolute Gasteiger partial charge is 0.371 e. The molecule has 1 saturated carbocycles. The van der Waals surface area contributed by atoms with Crippen molar-refractivity contribution in [3.63, 3.8) is 0 Å². The van der Waals surface area contributed by atoms with Crippen LogP contribution in [0.3, 0.4) is 0 Å². The fourth-order valence-corrected chi connectivity index (χ4v) is 3.42. The third kappa shape index (κ3) is 2.33. The lowest BCUT2D eigenvalue weighted by atomic mass is 10.1. The molecule has 0 unspecified atom stereocenters. The van der Waals surface area contributed by atoms with Crippen molar-refractivity contribution in [1.29, 1.82) is 5.26 Å². The van der Waals surface area contributed by atoms with Gasteiger partial charge in [-0.25, -0.2) is 4.98 Å². The molecule has 2 aliphatic rings. The highest BCUT2D eigenvalue weighted by molar-refractivity contribution is 7.19. The number of morpholine rings is 1. The number of hydrogen-bond donors (Lipinski definition) is 0. The van der Waals surface area contributed by atoms with Gasteiger partial charge in [0.25, 0.3) is 0 Å². The van der Waals surface area contributed by atoms with E-state index in [9.17, 15) is 0 Å². The summed E-state index contributed by atoms with van der Waals surface area (Å²) in [5, 5.41) is 9.74. The minimum Gasteiger partial charge on any atom is -0.371 e. The molecule has 96 valence electrons. The SMILES string of the molecule is C[C@@H]1CN(c2nc(C#N)c(Cl)s2)C[C@@H](C2CC2)O1. The van der Waals surface area contributed by atoms with Gasteiger partial charge >= 0.3 is 0 Å². The Bertz CT molecular complexity index is 494. The Morgan fingerprint density at radius 2 is 2.28 bits per heavy atom. The lowest BCUT2D eigenvalue weighted by Gasteiger charge is -2.36. The number of halogens is 1. The Labute approximate surface area is 115 Å². The van der Waals surface area contributed by atoms with Gasteiger partial charge in [0.15, 0.2) is 10.8 Å². The molecule has 18 heavy (non-hydrogen) atoms. The summed E-state index contributed by atoms with van der Waals surface area (Å²) >= 11 is 7.37. The van der Waals surface area contributed by atoms with Gasteiger partial charge in [-0.15, -0.1) is 0 Å². The van der Waals surface area contributed by atoms with E-state index in [4.69, 9.17) is 21.6 Å². The number of ether oxygens (including phenoxy) is 1. The van der Waals surface area contributed by atoms with Crippen molar-refractivity contribution in [2.24, 2.45) is 5.92 Å². The summed E-state index contributed by atoms with van der Waals surface area (Å²) in [5.74, 6) is 0.709. The van der Waals surface area contributed by atoms with Crippen LogP contribution in [0.5, 0.6) is 0 Å². The molecule has 0 N–H and O–H groups in total. The molecule has 2 heterocycles. The predicted molar refractivity (Wildman–Crippen MR) is 71.1 cm³/mol. The van der Waals surface area contributed by atoms with Gasteiger partial charge in [0, 0.05) is 13.1 Å². The Kier molecular flexibility index (Phi) is 3.18. The zero-order chi connectivity index (χ0) is 12.7. The quantitative estimate of drug-likeness (QED) is 0.837.